The van der Waals surface area contributed by atoms with Gasteiger partial charge in [-0.05, 0) is 50.1 Å². The molecule has 2 N–H and O–H groups in total. The summed E-state index contributed by atoms with van der Waals surface area (Å²) in [6, 6.07) is 10.9. The zero-order chi connectivity index (χ0) is 17.0. The normalized spacial score (nSPS) is 10.3. The molecule has 0 spiro atoms. The van der Waals surface area contributed by atoms with Crippen LogP contribution in [0.4, 0.5) is 5.69 Å². The molecular formula is C18H19ClN2O2. The lowest BCUT2D eigenvalue weighted by Gasteiger charge is -2.11. The fraction of sp³-hybridized carbons (Fsp3) is 0.222. The van der Waals surface area contributed by atoms with E-state index in [0.717, 1.165) is 16.7 Å². The summed E-state index contributed by atoms with van der Waals surface area (Å²) in [5.74, 6) is -0.561. The number of halogens is 1. The van der Waals surface area contributed by atoms with Gasteiger partial charge in [-0.3, -0.25) is 9.59 Å². The average molecular weight is 331 g/mol. The first-order chi connectivity index (χ1) is 10.9. The first kappa shape index (κ1) is 17.0. The molecule has 2 aromatic rings. The van der Waals surface area contributed by atoms with Gasteiger partial charge in [0.1, 0.15) is 0 Å². The number of anilines is 1. The molecule has 0 radical (unpaired) electrons. The second-order valence-corrected chi connectivity index (χ2v) is 5.87. The van der Waals surface area contributed by atoms with Crippen molar-refractivity contribution in [1.29, 1.82) is 0 Å². The van der Waals surface area contributed by atoms with Crippen molar-refractivity contribution < 1.29 is 9.59 Å². The number of amides is 2. The van der Waals surface area contributed by atoms with Crippen LogP contribution in [0.5, 0.6) is 0 Å². The van der Waals surface area contributed by atoms with Crippen molar-refractivity contribution in [1.82, 2.24) is 5.32 Å². The number of aryl methyl sites for hydroxylation is 2. The molecule has 120 valence electrons. The van der Waals surface area contributed by atoms with E-state index >= 15 is 0 Å². The number of carbonyl (C=O) groups is 2. The van der Waals surface area contributed by atoms with Gasteiger partial charge in [0.05, 0.1) is 6.54 Å². The number of hydrogen-bond acceptors (Lipinski definition) is 2. The lowest BCUT2D eigenvalue weighted by molar-refractivity contribution is -0.115. The Labute approximate surface area is 140 Å². The monoisotopic (exact) mass is 330 g/mol. The molecule has 0 heterocycles. The highest BCUT2D eigenvalue weighted by Crippen LogP contribution is 2.22. The van der Waals surface area contributed by atoms with Gasteiger partial charge in [0.25, 0.3) is 5.91 Å². The zero-order valence-corrected chi connectivity index (χ0v) is 14.1. The Balaban J connectivity index is 1.96. The van der Waals surface area contributed by atoms with Crippen molar-refractivity contribution in [3.05, 3.63) is 63.7 Å². The minimum absolute atomic E-state index is 0.0991. The molecule has 0 atom stereocenters. The van der Waals surface area contributed by atoms with Gasteiger partial charge in [-0.25, -0.2) is 0 Å². The predicted molar refractivity (Wildman–Crippen MR) is 93.1 cm³/mol. The van der Waals surface area contributed by atoms with Crippen LogP contribution in [0.15, 0.2) is 36.4 Å². The molecule has 0 aliphatic heterocycles. The number of nitrogens with one attached hydrogen (secondary N) is 2. The molecule has 4 nitrogen and oxygen atoms in total. The highest BCUT2D eigenvalue weighted by atomic mass is 35.5. The lowest BCUT2D eigenvalue weighted by atomic mass is 10.1. The summed E-state index contributed by atoms with van der Waals surface area (Å²) >= 11 is 6.01. The number of hydrogen-bond donors (Lipinski definition) is 2. The van der Waals surface area contributed by atoms with E-state index in [1.807, 2.05) is 32.9 Å². The molecule has 23 heavy (non-hydrogen) atoms. The van der Waals surface area contributed by atoms with Gasteiger partial charge in [-0.1, -0.05) is 35.4 Å². The molecular weight excluding hydrogens is 312 g/mol. The quantitative estimate of drug-likeness (QED) is 0.899. The van der Waals surface area contributed by atoms with Gasteiger partial charge in [0, 0.05) is 16.3 Å². The molecule has 0 unspecified atom stereocenters. The standard InChI is InChI=1S/C18H19ClN2O2/c1-11-7-8-14(12(2)9-11)18(23)20-10-17(22)21-16-6-4-5-15(19)13(16)3/h4-9H,10H2,1-3H3,(H,20,23)(H,21,22). The van der Waals surface area contributed by atoms with E-state index in [4.69, 9.17) is 11.6 Å². The van der Waals surface area contributed by atoms with Crippen LogP contribution in [0.3, 0.4) is 0 Å². The maximum atomic E-state index is 12.1. The van der Waals surface area contributed by atoms with Crippen molar-refractivity contribution in [3.63, 3.8) is 0 Å². The maximum absolute atomic E-state index is 12.1. The van der Waals surface area contributed by atoms with Gasteiger partial charge in [0.2, 0.25) is 5.91 Å². The van der Waals surface area contributed by atoms with E-state index in [2.05, 4.69) is 10.6 Å². The van der Waals surface area contributed by atoms with Crippen molar-refractivity contribution in [2.45, 2.75) is 20.8 Å². The Kier molecular flexibility index (Phi) is 5.40. The van der Waals surface area contributed by atoms with E-state index in [0.29, 0.717) is 16.3 Å². The number of benzene rings is 2. The third kappa shape index (κ3) is 4.33. The highest BCUT2D eigenvalue weighted by Gasteiger charge is 2.11. The molecule has 0 aromatic heterocycles. The molecule has 0 aliphatic rings. The van der Waals surface area contributed by atoms with Crippen LogP contribution < -0.4 is 10.6 Å². The first-order valence-corrected chi connectivity index (χ1v) is 7.66. The molecule has 5 heteroatoms. The summed E-state index contributed by atoms with van der Waals surface area (Å²) in [4.78, 5) is 24.1. The van der Waals surface area contributed by atoms with Crippen molar-refractivity contribution in [3.8, 4) is 0 Å². The Morgan fingerprint density at radius 3 is 2.52 bits per heavy atom. The summed E-state index contributed by atoms with van der Waals surface area (Å²) in [6.45, 7) is 5.57. The summed E-state index contributed by atoms with van der Waals surface area (Å²) in [6.07, 6.45) is 0. The molecule has 2 amide bonds. The molecule has 2 aromatic carbocycles. The predicted octanol–water partition coefficient (Wildman–Crippen LogP) is 3.63. The van der Waals surface area contributed by atoms with Crippen LogP contribution in [0, 0.1) is 20.8 Å². The van der Waals surface area contributed by atoms with E-state index < -0.39 is 0 Å². The van der Waals surface area contributed by atoms with Crippen molar-refractivity contribution >= 4 is 29.1 Å². The van der Waals surface area contributed by atoms with Crippen molar-refractivity contribution in [2.75, 3.05) is 11.9 Å². The van der Waals surface area contributed by atoms with Crippen LogP contribution in [0.25, 0.3) is 0 Å². The van der Waals surface area contributed by atoms with E-state index in [-0.39, 0.29) is 18.4 Å². The van der Waals surface area contributed by atoms with Crippen molar-refractivity contribution in [2.24, 2.45) is 0 Å². The number of rotatable bonds is 4. The van der Waals surface area contributed by atoms with Crippen LogP contribution >= 0.6 is 11.6 Å². The third-order valence-electron chi connectivity index (χ3n) is 3.58. The summed E-state index contributed by atoms with van der Waals surface area (Å²) in [7, 11) is 0. The van der Waals surface area contributed by atoms with Crippen LogP contribution in [0.1, 0.15) is 27.0 Å². The van der Waals surface area contributed by atoms with E-state index in [9.17, 15) is 9.59 Å². The van der Waals surface area contributed by atoms with E-state index in [1.165, 1.54) is 0 Å². The van der Waals surface area contributed by atoms with Gasteiger partial charge in [-0.15, -0.1) is 0 Å². The highest BCUT2D eigenvalue weighted by molar-refractivity contribution is 6.31. The summed E-state index contributed by atoms with van der Waals surface area (Å²) in [5.41, 5.74) is 3.98. The van der Waals surface area contributed by atoms with Gasteiger partial charge in [-0.2, -0.15) is 0 Å². The minimum Gasteiger partial charge on any atom is -0.343 e. The Hall–Kier alpha value is -2.33. The molecule has 2 rings (SSSR count). The maximum Gasteiger partial charge on any atom is 0.251 e. The molecule has 0 fully saturated rings. The molecule has 0 aliphatic carbocycles. The fourth-order valence-electron chi connectivity index (χ4n) is 2.26. The minimum atomic E-state index is -0.298. The summed E-state index contributed by atoms with van der Waals surface area (Å²) < 4.78 is 0. The largest absolute Gasteiger partial charge is 0.343 e. The second-order valence-electron chi connectivity index (χ2n) is 5.46. The summed E-state index contributed by atoms with van der Waals surface area (Å²) in [5, 5.41) is 5.96. The van der Waals surface area contributed by atoms with Gasteiger partial charge < -0.3 is 10.6 Å². The number of carbonyl (C=O) groups excluding carboxylic acids is 2. The Morgan fingerprint density at radius 1 is 1.09 bits per heavy atom. The van der Waals surface area contributed by atoms with Crippen LogP contribution in [-0.2, 0) is 4.79 Å². The smallest absolute Gasteiger partial charge is 0.251 e. The Morgan fingerprint density at radius 2 is 1.83 bits per heavy atom. The topological polar surface area (TPSA) is 58.2 Å². The van der Waals surface area contributed by atoms with Crippen LogP contribution in [0.2, 0.25) is 5.02 Å². The first-order valence-electron chi connectivity index (χ1n) is 7.29. The Bertz CT molecular complexity index is 757. The molecule has 0 bridgehead atoms. The lowest BCUT2D eigenvalue weighted by Crippen LogP contribution is -2.33. The average Bonchev–Trinajstić information content (AvgIpc) is 2.49. The third-order valence-corrected chi connectivity index (χ3v) is 3.99. The molecule has 0 saturated carbocycles. The zero-order valence-electron chi connectivity index (χ0n) is 13.4. The molecule has 0 saturated heterocycles. The van der Waals surface area contributed by atoms with Gasteiger partial charge >= 0.3 is 0 Å². The fourth-order valence-corrected chi connectivity index (χ4v) is 2.44. The SMILES string of the molecule is Cc1ccc(C(=O)NCC(=O)Nc2cccc(Cl)c2C)c(C)c1. The second kappa shape index (κ2) is 7.29. The van der Waals surface area contributed by atoms with E-state index in [1.54, 1.807) is 24.3 Å². The van der Waals surface area contributed by atoms with Gasteiger partial charge in [0.15, 0.2) is 0 Å². The van der Waals surface area contributed by atoms with Crippen LogP contribution in [-0.4, -0.2) is 18.4 Å².